The first kappa shape index (κ1) is 14.1. The van der Waals surface area contributed by atoms with Gasteiger partial charge < -0.3 is 11.1 Å². The van der Waals surface area contributed by atoms with Gasteiger partial charge in [0.25, 0.3) is 0 Å². The third-order valence-electron chi connectivity index (χ3n) is 4.93. The number of benzene rings is 1. The molecule has 2 aliphatic rings. The molecule has 3 rings (SSSR count). The van der Waals surface area contributed by atoms with E-state index in [2.05, 4.69) is 41.4 Å². The standard InChI is InChI=1S/C17H27N3/c1-13(20-9-5-2-6-10-20)12-19-17-11-16(18)14-7-3-4-8-15(14)17/h3-4,7-8,13,16-17,19H,2,5-6,9-12,18H2,1H3. The largest absolute Gasteiger partial charge is 0.324 e. The molecule has 3 nitrogen and oxygen atoms in total. The van der Waals surface area contributed by atoms with E-state index in [1.54, 1.807) is 0 Å². The molecule has 3 unspecified atom stereocenters. The number of nitrogens with two attached hydrogens (primary N) is 1. The van der Waals surface area contributed by atoms with Gasteiger partial charge in [-0.25, -0.2) is 0 Å². The summed E-state index contributed by atoms with van der Waals surface area (Å²) in [6, 6.07) is 9.89. The quantitative estimate of drug-likeness (QED) is 0.886. The number of nitrogens with one attached hydrogen (secondary N) is 1. The third kappa shape index (κ3) is 2.90. The lowest BCUT2D eigenvalue weighted by molar-refractivity contribution is 0.167. The molecular formula is C17H27N3. The van der Waals surface area contributed by atoms with Crippen molar-refractivity contribution in [3.8, 4) is 0 Å². The maximum atomic E-state index is 6.24. The van der Waals surface area contributed by atoms with Crippen LogP contribution in [0.2, 0.25) is 0 Å². The van der Waals surface area contributed by atoms with Crippen molar-refractivity contribution < 1.29 is 0 Å². The molecule has 0 radical (unpaired) electrons. The van der Waals surface area contributed by atoms with Crippen molar-refractivity contribution in [3.05, 3.63) is 35.4 Å². The van der Waals surface area contributed by atoms with E-state index in [1.807, 2.05) is 0 Å². The van der Waals surface area contributed by atoms with Crippen LogP contribution >= 0.6 is 0 Å². The van der Waals surface area contributed by atoms with Gasteiger partial charge in [0.2, 0.25) is 0 Å². The Kier molecular flexibility index (Phi) is 4.39. The predicted octanol–water partition coefficient (Wildman–Crippen LogP) is 2.60. The van der Waals surface area contributed by atoms with E-state index in [0.717, 1.165) is 13.0 Å². The molecule has 1 aromatic carbocycles. The summed E-state index contributed by atoms with van der Waals surface area (Å²) in [6.07, 6.45) is 5.16. The Morgan fingerprint density at radius 2 is 1.90 bits per heavy atom. The summed E-state index contributed by atoms with van der Waals surface area (Å²) in [5.74, 6) is 0. The molecule has 0 aromatic heterocycles. The van der Waals surface area contributed by atoms with Crippen LogP contribution < -0.4 is 11.1 Å². The average Bonchev–Trinajstić information content (AvgIpc) is 2.83. The van der Waals surface area contributed by atoms with Gasteiger partial charge in [-0.1, -0.05) is 30.7 Å². The topological polar surface area (TPSA) is 41.3 Å². The van der Waals surface area contributed by atoms with Gasteiger partial charge in [0.05, 0.1) is 0 Å². The first-order chi connectivity index (χ1) is 9.75. The minimum absolute atomic E-state index is 0.203. The number of fused-ring (bicyclic) bond motifs is 1. The molecule has 3 N–H and O–H groups in total. The minimum atomic E-state index is 0.203. The molecule has 3 atom stereocenters. The highest BCUT2D eigenvalue weighted by atomic mass is 15.2. The molecule has 1 heterocycles. The Morgan fingerprint density at radius 1 is 1.20 bits per heavy atom. The van der Waals surface area contributed by atoms with Gasteiger partial charge in [0.15, 0.2) is 0 Å². The molecular weight excluding hydrogens is 246 g/mol. The molecule has 1 saturated heterocycles. The lowest BCUT2D eigenvalue weighted by Crippen LogP contribution is -2.43. The zero-order chi connectivity index (χ0) is 13.9. The van der Waals surface area contributed by atoms with Crippen molar-refractivity contribution in [1.82, 2.24) is 10.2 Å². The summed E-state index contributed by atoms with van der Waals surface area (Å²) in [5, 5.41) is 3.74. The fraction of sp³-hybridized carbons (Fsp3) is 0.647. The van der Waals surface area contributed by atoms with Crippen LogP contribution in [0, 0.1) is 0 Å². The molecule has 20 heavy (non-hydrogen) atoms. The number of rotatable bonds is 4. The summed E-state index contributed by atoms with van der Waals surface area (Å²) in [7, 11) is 0. The van der Waals surface area contributed by atoms with Gasteiger partial charge in [-0.3, -0.25) is 4.90 Å². The van der Waals surface area contributed by atoms with E-state index in [4.69, 9.17) is 5.73 Å². The van der Waals surface area contributed by atoms with Crippen molar-refractivity contribution >= 4 is 0 Å². The SMILES string of the molecule is CC(CNC1CC(N)c2ccccc21)N1CCCCC1. The monoisotopic (exact) mass is 273 g/mol. The predicted molar refractivity (Wildman–Crippen MR) is 83.6 cm³/mol. The third-order valence-corrected chi connectivity index (χ3v) is 4.93. The summed E-state index contributed by atoms with van der Waals surface area (Å²) < 4.78 is 0. The molecule has 1 fully saturated rings. The summed E-state index contributed by atoms with van der Waals surface area (Å²) in [6.45, 7) is 5.94. The van der Waals surface area contributed by atoms with E-state index in [-0.39, 0.29) is 6.04 Å². The van der Waals surface area contributed by atoms with Crippen LogP contribution in [0.1, 0.15) is 55.8 Å². The van der Waals surface area contributed by atoms with E-state index < -0.39 is 0 Å². The van der Waals surface area contributed by atoms with E-state index in [9.17, 15) is 0 Å². The van der Waals surface area contributed by atoms with Gasteiger partial charge in [0.1, 0.15) is 0 Å². The van der Waals surface area contributed by atoms with Crippen molar-refractivity contribution in [2.24, 2.45) is 5.73 Å². The molecule has 0 saturated carbocycles. The summed E-state index contributed by atoms with van der Waals surface area (Å²) >= 11 is 0. The van der Waals surface area contributed by atoms with E-state index in [0.29, 0.717) is 12.1 Å². The van der Waals surface area contributed by atoms with Crippen LogP contribution in [0.3, 0.4) is 0 Å². The van der Waals surface area contributed by atoms with Gasteiger partial charge in [-0.2, -0.15) is 0 Å². The van der Waals surface area contributed by atoms with Crippen molar-refractivity contribution in [3.63, 3.8) is 0 Å². The van der Waals surface area contributed by atoms with E-state index >= 15 is 0 Å². The van der Waals surface area contributed by atoms with Crippen molar-refractivity contribution in [2.45, 2.75) is 50.7 Å². The van der Waals surface area contributed by atoms with Gasteiger partial charge in [0, 0.05) is 24.7 Å². The molecule has 110 valence electrons. The van der Waals surface area contributed by atoms with Crippen LogP contribution in [0.15, 0.2) is 24.3 Å². The molecule has 0 bridgehead atoms. The molecule has 3 heteroatoms. The number of likely N-dealkylation sites (tertiary alicyclic amines) is 1. The van der Waals surface area contributed by atoms with Gasteiger partial charge >= 0.3 is 0 Å². The van der Waals surface area contributed by atoms with E-state index in [1.165, 1.54) is 43.5 Å². The molecule has 1 aliphatic heterocycles. The Morgan fingerprint density at radius 3 is 2.65 bits per heavy atom. The lowest BCUT2D eigenvalue weighted by Gasteiger charge is -2.33. The van der Waals surface area contributed by atoms with Crippen LogP contribution in [0.5, 0.6) is 0 Å². The van der Waals surface area contributed by atoms with Crippen LogP contribution in [0.25, 0.3) is 0 Å². The smallest absolute Gasteiger partial charge is 0.0342 e. The molecule has 0 spiro atoms. The second-order valence-corrected chi connectivity index (χ2v) is 6.38. The number of piperidine rings is 1. The highest BCUT2D eigenvalue weighted by Crippen LogP contribution is 2.36. The van der Waals surface area contributed by atoms with Gasteiger partial charge in [-0.05, 0) is 50.4 Å². The zero-order valence-electron chi connectivity index (χ0n) is 12.5. The second kappa shape index (κ2) is 6.25. The highest BCUT2D eigenvalue weighted by Gasteiger charge is 2.28. The maximum absolute atomic E-state index is 6.24. The normalized spacial score (nSPS) is 28.3. The number of nitrogens with zero attached hydrogens (tertiary/aromatic N) is 1. The first-order valence-electron chi connectivity index (χ1n) is 8.07. The Labute approximate surface area is 122 Å². The zero-order valence-corrected chi connectivity index (χ0v) is 12.5. The number of hydrogen-bond acceptors (Lipinski definition) is 3. The molecule has 0 amide bonds. The van der Waals surface area contributed by atoms with Crippen LogP contribution in [0.4, 0.5) is 0 Å². The van der Waals surface area contributed by atoms with Crippen molar-refractivity contribution in [2.75, 3.05) is 19.6 Å². The van der Waals surface area contributed by atoms with Crippen LogP contribution in [-0.4, -0.2) is 30.6 Å². The second-order valence-electron chi connectivity index (χ2n) is 6.38. The average molecular weight is 273 g/mol. The fourth-order valence-corrected chi connectivity index (χ4v) is 3.67. The Bertz CT molecular complexity index is 440. The number of hydrogen-bond donors (Lipinski definition) is 2. The first-order valence-corrected chi connectivity index (χ1v) is 8.07. The minimum Gasteiger partial charge on any atom is -0.324 e. The van der Waals surface area contributed by atoms with Gasteiger partial charge in [-0.15, -0.1) is 0 Å². The highest BCUT2D eigenvalue weighted by molar-refractivity contribution is 5.37. The Balaban J connectivity index is 1.56. The molecule has 1 aliphatic carbocycles. The van der Waals surface area contributed by atoms with Crippen molar-refractivity contribution in [1.29, 1.82) is 0 Å². The van der Waals surface area contributed by atoms with Crippen LogP contribution in [-0.2, 0) is 0 Å². The fourth-order valence-electron chi connectivity index (χ4n) is 3.67. The molecule has 1 aromatic rings. The summed E-state index contributed by atoms with van der Waals surface area (Å²) in [4.78, 5) is 2.62. The lowest BCUT2D eigenvalue weighted by atomic mass is 10.1. The Hall–Kier alpha value is -0.900. The summed E-state index contributed by atoms with van der Waals surface area (Å²) in [5.41, 5.74) is 8.97. The maximum Gasteiger partial charge on any atom is 0.0342 e.